The van der Waals surface area contributed by atoms with E-state index in [2.05, 4.69) is 4.18 Å². The molecular formula is C14H11FN2O7S. The average Bonchev–Trinajstić information content (AvgIpc) is 2.76. The molecule has 0 bridgehead atoms. The number of carbonyl (C=O) groups excluding carboxylic acids is 4. The number of carbonyl (C=O) groups is 4. The number of benzene rings is 1. The van der Waals surface area contributed by atoms with E-state index in [1.54, 1.807) is 0 Å². The van der Waals surface area contributed by atoms with E-state index in [-0.39, 0.29) is 24.0 Å². The summed E-state index contributed by atoms with van der Waals surface area (Å²) in [5, 5.41) is 0. The maximum absolute atomic E-state index is 12.6. The van der Waals surface area contributed by atoms with E-state index in [0.717, 1.165) is 28.0 Å². The molecule has 1 atom stereocenters. The van der Waals surface area contributed by atoms with Crippen molar-refractivity contribution in [1.29, 1.82) is 0 Å². The maximum Gasteiger partial charge on any atom is 0.488 e. The molecule has 1 unspecified atom stereocenters. The van der Waals surface area contributed by atoms with E-state index in [4.69, 9.17) is 0 Å². The summed E-state index contributed by atoms with van der Waals surface area (Å²) in [5.74, 6) is -3.18. The Hall–Kier alpha value is -2.82. The van der Waals surface area contributed by atoms with Gasteiger partial charge in [0.1, 0.15) is 11.8 Å². The Morgan fingerprint density at radius 3 is 2.40 bits per heavy atom. The first-order valence-corrected chi connectivity index (χ1v) is 8.37. The third kappa shape index (κ3) is 2.86. The number of halogens is 1. The minimum Gasteiger partial charge on any atom is -0.358 e. The SMILES string of the molecule is CN1C(=O)CCC(N2C(=O)c3ccc(OS(=O)(=O)F)cc3C2=O)C1=O. The Morgan fingerprint density at radius 2 is 1.76 bits per heavy atom. The van der Waals surface area contributed by atoms with Crippen LogP contribution in [0.2, 0.25) is 0 Å². The van der Waals surface area contributed by atoms with Gasteiger partial charge in [-0.1, -0.05) is 3.89 Å². The molecule has 0 radical (unpaired) electrons. The Labute approximate surface area is 141 Å². The third-order valence-corrected chi connectivity index (χ3v) is 4.41. The second-order valence-electron chi connectivity index (χ2n) is 5.51. The molecule has 132 valence electrons. The van der Waals surface area contributed by atoms with Gasteiger partial charge in [0.25, 0.3) is 17.7 Å². The molecule has 3 rings (SSSR count). The van der Waals surface area contributed by atoms with Gasteiger partial charge in [-0.15, -0.1) is 0 Å². The maximum atomic E-state index is 12.6. The number of rotatable bonds is 3. The fourth-order valence-corrected chi connectivity index (χ4v) is 3.16. The number of amides is 4. The predicted octanol–water partition coefficient (Wildman–Crippen LogP) is 0.0231. The molecule has 1 aromatic carbocycles. The first-order valence-electron chi connectivity index (χ1n) is 7.06. The standard InChI is InChI=1S/C14H11FN2O7S/c1-16-11(18)5-4-10(14(16)21)17-12(19)8-3-2-7(24-25(15,22)23)6-9(8)13(17)20/h2-3,6,10H,4-5H2,1H3. The summed E-state index contributed by atoms with van der Waals surface area (Å²) in [4.78, 5) is 50.3. The van der Waals surface area contributed by atoms with Gasteiger partial charge >= 0.3 is 10.5 Å². The van der Waals surface area contributed by atoms with Crippen molar-refractivity contribution in [3.05, 3.63) is 29.3 Å². The number of nitrogens with zero attached hydrogens (tertiary/aromatic N) is 2. The quantitative estimate of drug-likeness (QED) is 0.544. The zero-order valence-corrected chi connectivity index (χ0v) is 13.6. The van der Waals surface area contributed by atoms with Crippen molar-refractivity contribution in [2.24, 2.45) is 0 Å². The first kappa shape index (κ1) is 17.0. The van der Waals surface area contributed by atoms with Crippen LogP contribution in [0, 0.1) is 0 Å². The van der Waals surface area contributed by atoms with E-state index < -0.39 is 45.9 Å². The molecule has 2 aliphatic heterocycles. The fraction of sp³-hybridized carbons (Fsp3) is 0.286. The zero-order valence-electron chi connectivity index (χ0n) is 12.8. The lowest BCUT2D eigenvalue weighted by Crippen LogP contribution is -2.54. The molecular weight excluding hydrogens is 359 g/mol. The Morgan fingerprint density at radius 1 is 1.12 bits per heavy atom. The van der Waals surface area contributed by atoms with E-state index in [1.807, 2.05) is 0 Å². The molecule has 0 saturated carbocycles. The van der Waals surface area contributed by atoms with Gasteiger partial charge in [0.2, 0.25) is 5.91 Å². The van der Waals surface area contributed by atoms with Crippen molar-refractivity contribution in [3.8, 4) is 5.75 Å². The van der Waals surface area contributed by atoms with E-state index in [0.29, 0.717) is 0 Å². The van der Waals surface area contributed by atoms with Gasteiger partial charge in [0, 0.05) is 13.5 Å². The second-order valence-corrected chi connectivity index (χ2v) is 6.46. The summed E-state index contributed by atoms with van der Waals surface area (Å²) in [5.41, 5.74) is -0.278. The molecule has 9 nitrogen and oxygen atoms in total. The van der Waals surface area contributed by atoms with Crippen LogP contribution in [-0.4, -0.2) is 54.9 Å². The third-order valence-electron chi connectivity index (χ3n) is 4.02. The average molecular weight is 370 g/mol. The van der Waals surface area contributed by atoms with Gasteiger partial charge in [-0.2, -0.15) is 8.42 Å². The number of hydrogen-bond donors (Lipinski definition) is 0. The van der Waals surface area contributed by atoms with Gasteiger partial charge in [-0.3, -0.25) is 29.0 Å². The van der Waals surface area contributed by atoms with E-state index in [9.17, 15) is 31.5 Å². The number of fused-ring (bicyclic) bond motifs is 1. The van der Waals surface area contributed by atoms with Crippen molar-refractivity contribution < 1.29 is 35.7 Å². The lowest BCUT2D eigenvalue weighted by atomic mass is 10.0. The minimum absolute atomic E-state index is 0.00427. The van der Waals surface area contributed by atoms with Crippen LogP contribution >= 0.6 is 0 Å². The van der Waals surface area contributed by atoms with Crippen molar-refractivity contribution in [3.63, 3.8) is 0 Å². The van der Waals surface area contributed by atoms with Crippen molar-refractivity contribution >= 4 is 34.1 Å². The number of likely N-dealkylation sites (tertiary alicyclic amines) is 1. The summed E-state index contributed by atoms with van der Waals surface area (Å²) in [6, 6.07) is 1.90. The van der Waals surface area contributed by atoms with Crippen LogP contribution in [0.5, 0.6) is 5.75 Å². The van der Waals surface area contributed by atoms with Crippen LogP contribution in [0.25, 0.3) is 0 Å². The van der Waals surface area contributed by atoms with Crippen LogP contribution < -0.4 is 4.18 Å². The fourth-order valence-electron chi connectivity index (χ4n) is 2.83. The topological polar surface area (TPSA) is 118 Å². The largest absolute Gasteiger partial charge is 0.488 e. The van der Waals surface area contributed by atoms with Gasteiger partial charge in [-0.25, -0.2) is 0 Å². The molecule has 1 aromatic rings. The lowest BCUT2D eigenvalue weighted by molar-refractivity contribution is -0.149. The summed E-state index contributed by atoms with van der Waals surface area (Å²) in [6.45, 7) is 0. The highest BCUT2D eigenvalue weighted by Crippen LogP contribution is 2.31. The monoisotopic (exact) mass is 370 g/mol. The molecule has 11 heteroatoms. The Balaban J connectivity index is 1.95. The van der Waals surface area contributed by atoms with Crippen LogP contribution in [0.3, 0.4) is 0 Å². The zero-order chi connectivity index (χ0) is 18.5. The van der Waals surface area contributed by atoms with Crippen molar-refractivity contribution in [2.75, 3.05) is 7.05 Å². The van der Waals surface area contributed by atoms with E-state index >= 15 is 0 Å². The molecule has 2 heterocycles. The smallest absolute Gasteiger partial charge is 0.358 e. The normalized spacial score (nSPS) is 21.0. The second kappa shape index (κ2) is 5.62. The van der Waals surface area contributed by atoms with Crippen LogP contribution in [0.1, 0.15) is 33.6 Å². The summed E-state index contributed by atoms with van der Waals surface area (Å²) in [6.07, 6.45) is -0.00946. The molecule has 4 amide bonds. The Bertz CT molecular complexity index is 927. The molecule has 25 heavy (non-hydrogen) atoms. The number of hydrogen-bond acceptors (Lipinski definition) is 7. The van der Waals surface area contributed by atoms with E-state index in [1.165, 1.54) is 7.05 Å². The Kier molecular flexibility index (Phi) is 3.82. The van der Waals surface area contributed by atoms with Crippen LogP contribution in [0.4, 0.5) is 3.89 Å². The van der Waals surface area contributed by atoms with Crippen LogP contribution in [-0.2, 0) is 20.1 Å². The molecule has 2 aliphatic rings. The van der Waals surface area contributed by atoms with Crippen molar-refractivity contribution in [2.45, 2.75) is 18.9 Å². The summed E-state index contributed by atoms with van der Waals surface area (Å²) < 4.78 is 37.7. The summed E-state index contributed by atoms with van der Waals surface area (Å²) >= 11 is 0. The number of likely N-dealkylation sites (N-methyl/N-ethyl adjacent to an activating group) is 1. The minimum atomic E-state index is -5.29. The first-order chi connectivity index (χ1) is 11.6. The van der Waals surface area contributed by atoms with Gasteiger partial charge in [0.15, 0.2) is 0 Å². The number of piperidine rings is 1. The molecule has 0 aliphatic carbocycles. The van der Waals surface area contributed by atoms with Gasteiger partial charge in [-0.05, 0) is 24.6 Å². The van der Waals surface area contributed by atoms with Gasteiger partial charge < -0.3 is 4.18 Å². The lowest BCUT2D eigenvalue weighted by Gasteiger charge is -2.32. The molecule has 0 aromatic heterocycles. The highest BCUT2D eigenvalue weighted by atomic mass is 32.3. The van der Waals surface area contributed by atoms with Crippen molar-refractivity contribution in [1.82, 2.24) is 9.80 Å². The van der Waals surface area contributed by atoms with Crippen LogP contribution in [0.15, 0.2) is 18.2 Å². The molecule has 1 saturated heterocycles. The molecule has 0 spiro atoms. The predicted molar refractivity (Wildman–Crippen MR) is 78.4 cm³/mol. The van der Waals surface area contributed by atoms with Gasteiger partial charge in [0.05, 0.1) is 11.1 Å². The molecule has 0 N–H and O–H groups in total. The number of imide groups is 2. The highest BCUT2D eigenvalue weighted by molar-refractivity contribution is 7.81. The molecule has 1 fully saturated rings. The highest BCUT2D eigenvalue weighted by Gasteiger charge is 2.46. The summed E-state index contributed by atoms with van der Waals surface area (Å²) in [7, 11) is -4.03.